The third kappa shape index (κ3) is 3.52. The van der Waals surface area contributed by atoms with Crippen LogP contribution in [0.15, 0.2) is 0 Å². The molecule has 6 N–H and O–H groups in total. The zero-order chi connectivity index (χ0) is 15.7. The molecule has 0 unspecified atom stereocenters. The highest BCUT2D eigenvalue weighted by molar-refractivity contribution is 4.91. The number of rotatable bonds is 3. The van der Waals surface area contributed by atoms with Crippen molar-refractivity contribution in [2.75, 3.05) is 6.61 Å². The van der Waals surface area contributed by atoms with Crippen LogP contribution in [0.25, 0.3) is 0 Å². The minimum absolute atomic E-state index is 0.0211. The fourth-order valence-corrected chi connectivity index (χ4v) is 2.45. The monoisotopic (exact) mass is 310 g/mol. The highest BCUT2D eigenvalue weighted by atomic mass is 16.7. The second-order valence-corrected chi connectivity index (χ2v) is 5.41. The van der Waals surface area contributed by atoms with Crippen molar-refractivity contribution in [3.8, 4) is 0 Å². The van der Waals surface area contributed by atoms with E-state index in [2.05, 4.69) is 0 Å². The molecule has 2 saturated heterocycles. The highest BCUT2D eigenvalue weighted by Gasteiger charge is 2.47. The topological polar surface area (TPSA) is 149 Å². The van der Waals surface area contributed by atoms with Gasteiger partial charge in [0.05, 0.1) is 18.8 Å². The molecule has 0 spiro atoms. The Hall–Kier alpha value is -0.360. The number of aliphatic hydroxyl groups excluding tert-OH is 6. The van der Waals surface area contributed by atoms with Crippen LogP contribution in [0.1, 0.15) is 13.3 Å². The third-order valence-electron chi connectivity index (χ3n) is 3.82. The number of aliphatic hydroxyl groups is 6. The summed E-state index contributed by atoms with van der Waals surface area (Å²) in [5, 5.41) is 57.8. The van der Waals surface area contributed by atoms with Gasteiger partial charge in [0.25, 0.3) is 0 Å². The normalized spacial score (nSPS) is 51.9. The average molecular weight is 310 g/mol. The summed E-state index contributed by atoms with van der Waals surface area (Å²) in [5.41, 5.74) is 0. The van der Waals surface area contributed by atoms with Crippen molar-refractivity contribution < 1.29 is 44.8 Å². The smallest absolute Gasteiger partial charge is 0.184 e. The van der Waals surface area contributed by atoms with Crippen LogP contribution in [0.5, 0.6) is 0 Å². The van der Waals surface area contributed by atoms with E-state index >= 15 is 0 Å². The summed E-state index contributed by atoms with van der Waals surface area (Å²) in [6.45, 7) is 1.02. The van der Waals surface area contributed by atoms with Crippen molar-refractivity contribution in [3.05, 3.63) is 0 Å². The first-order valence-electron chi connectivity index (χ1n) is 6.82. The van der Waals surface area contributed by atoms with E-state index in [1.165, 1.54) is 0 Å². The molecular formula is C12H22O9. The van der Waals surface area contributed by atoms with Crippen LogP contribution < -0.4 is 0 Å². The molecule has 0 radical (unpaired) electrons. The molecule has 2 fully saturated rings. The molecule has 0 saturated carbocycles. The summed E-state index contributed by atoms with van der Waals surface area (Å²) < 4.78 is 15.5. The van der Waals surface area contributed by atoms with Gasteiger partial charge in [0.15, 0.2) is 12.6 Å². The molecule has 0 aromatic rings. The number of ether oxygens (including phenoxy) is 3. The Labute approximate surface area is 121 Å². The largest absolute Gasteiger partial charge is 0.394 e. The molecule has 124 valence electrons. The van der Waals surface area contributed by atoms with Crippen molar-refractivity contribution in [3.63, 3.8) is 0 Å². The van der Waals surface area contributed by atoms with Gasteiger partial charge in [0, 0.05) is 6.42 Å². The molecule has 2 aliphatic rings. The van der Waals surface area contributed by atoms with Crippen LogP contribution in [0.2, 0.25) is 0 Å². The van der Waals surface area contributed by atoms with E-state index in [1.807, 2.05) is 0 Å². The zero-order valence-electron chi connectivity index (χ0n) is 11.5. The summed E-state index contributed by atoms with van der Waals surface area (Å²) in [4.78, 5) is 0. The maximum Gasteiger partial charge on any atom is 0.184 e. The summed E-state index contributed by atoms with van der Waals surface area (Å²) in [7, 11) is 0. The molecule has 0 aromatic heterocycles. The summed E-state index contributed by atoms with van der Waals surface area (Å²) in [6.07, 6.45) is -10.8. The predicted octanol–water partition coefficient (Wildman–Crippen LogP) is -3.34. The van der Waals surface area contributed by atoms with E-state index in [0.717, 1.165) is 0 Å². The van der Waals surface area contributed by atoms with Crippen molar-refractivity contribution in [1.29, 1.82) is 0 Å². The van der Waals surface area contributed by atoms with E-state index in [-0.39, 0.29) is 6.42 Å². The van der Waals surface area contributed by atoms with Gasteiger partial charge < -0.3 is 44.8 Å². The van der Waals surface area contributed by atoms with Crippen LogP contribution in [0.3, 0.4) is 0 Å². The van der Waals surface area contributed by atoms with Crippen molar-refractivity contribution >= 4 is 0 Å². The lowest BCUT2D eigenvalue weighted by molar-refractivity contribution is -0.341. The second-order valence-electron chi connectivity index (χ2n) is 5.41. The van der Waals surface area contributed by atoms with Gasteiger partial charge >= 0.3 is 0 Å². The van der Waals surface area contributed by atoms with Crippen LogP contribution in [0, 0.1) is 0 Å². The molecule has 2 aliphatic heterocycles. The SMILES string of the molecule is C[C@H]1O[C@@H](O[C@@H]2[C@H](O)[C@@H](O)O[C@H](CO)[C@H]2O)[C@H](O)C[C@@H]1O. The van der Waals surface area contributed by atoms with Crippen LogP contribution >= 0.6 is 0 Å². The van der Waals surface area contributed by atoms with Gasteiger partial charge in [-0.15, -0.1) is 0 Å². The number of hydrogen-bond donors (Lipinski definition) is 6. The first-order chi connectivity index (χ1) is 9.85. The van der Waals surface area contributed by atoms with E-state index < -0.39 is 61.9 Å². The lowest BCUT2D eigenvalue weighted by atomic mass is 9.98. The Kier molecular flexibility index (Phi) is 5.52. The Morgan fingerprint density at radius 2 is 1.67 bits per heavy atom. The first kappa shape index (κ1) is 17.0. The lowest BCUT2D eigenvalue weighted by Crippen LogP contribution is -2.61. The Balaban J connectivity index is 2.05. The molecule has 0 aromatic carbocycles. The van der Waals surface area contributed by atoms with Crippen molar-refractivity contribution in [1.82, 2.24) is 0 Å². The molecular weight excluding hydrogens is 288 g/mol. The van der Waals surface area contributed by atoms with Gasteiger partial charge in [0.2, 0.25) is 0 Å². The fraction of sp³-hybridized carbons (Fsp3) is 1.00. The molecule has 2 rings (SSSR count). The van der Waals surface area contributed by atoms with Crippen molar-refractivity contribution in [2.24, 2.45) is 0 Å². The van der Waals surface area contributed by atoms with Crippen LogP contribution in [-0.2, 0) is 14.2 Å². The molecule has 0 aliphatic carbocycles. The molecule has 9 nitrogen and oxygen atoms in total. The minimum Gasteiger partial charge on any atom is -0.394 e. The predicted molar refractivity (Wildman–Crippen MR) is 65.8 cm³/mol. The van der Waals surface area contributed by atoms with Gasteiger partial charge in [-0.05, 0) is 6.92 Å². The van der Waals surface area contributed by atoms with E-state index in [1.54, 1.807) is 6.92 Å². The van der Waals surface area contributed by atoms with Crippen LogP contribution in [-0.4, -0.2) is 92.6 Å². The van der Waals surface area contributed by atoms with Crippen molar-refractivity contribution in [2.45, 2.75) is 68.7 Å². The van der Waals surface area contributed by atoms with Gasteiger partial charge in [0.1, 0.15) is 30.5 Å². The van der Waals surface area contributed by atoms with Gasteiger partial charge in [-0.1, -0.05) is 0 Å². The Morgan fingerprint density at radius 1 is 1.00 bits per heavy atom. The fourth-order valence-electron chi connectivity index (χ4n) is 2.45. The van der Waals surface area contributed by atoms with Gasteiger partial charge in [-0.2, -0.15) is 0 Å². The summed E-state index contributed by atoms with van der Waals surface area (Å²) in [6, 6.07) is 0. The minimum atomic E-state index is -1.64. The molecule has 21 heavy (non-hydrogen) atoms. The van der Waals surface area contributed by atoms with Crippen LogP contribution in [0.4, 0.5) is 0 Å². The zero-order valence-corrected chi connectivity index (χ0v) is 11.5. The van der Waals surface area contributed by atoms with Gasteiger partial charge in [-0.25, -0.2) is 0 Å². The number of hydrogen-bond acceptors (Lipinski definition) is 9. The highest BCUT2D eigenvalue weighted by Crippen LogP contribution is 2.27. The second kappa shape index (κ2) is 6.82. The van der Waals surface area contributed by atoms with Gasteiger partial charge in [-0.3, -0.25) is 0 Å². The Morgan fingerprint density at radius 3 is 2.29 bits per heavy atom. The molecule has 2 heterocycles. The van der Waals surface area contributed by atoms with E-state index in [4.69, 9.17) is 19.3 Å². The standard InChI is InChI=1S/C12H22O9/c1-4-5(14)2-6(15)12(19-4)21-10-8(16)7(3-13)20-11(18)9(10)17/h4-18H,2-3H2,1H3/t4-,5+,6-,7-,8-,9+,10+,11+,12+/m1/s1. The Bertz CT molecular complexity index is 341. The molecule has 9 atom stereocenters. The molecule has 9 heteroatoms. The van der Waals surface area contributed by atoms with E-state index in [9.17, 15) is 25.5 Å². The molecule has 0 amide bonds. The van der Waals surface area contributed by atoms with E-state index in [0.29, 0.717) is 0 Å². The molecule has 0 bridgehead atoms. The lowest BCUT2D eigenvalue weighted by Gasteiger charge is -2.43. The maximum atomic E-state index is 9.98. The maximum absolute atomic E-state index is 9.98. The summed E-state index contributed by atoms with van der Waals surface area (Å²) >= 11 is 0. The average Bonchev–Trinajstić information content (AvgIpc) is 2.44. The first-order valence-corrected chi connectivity index (χ1v) is 6.82. The third-order valence-corrected chi connectivity index (χ3v) is 3.82. The summed E-state index contributed by atoms with van der Waals surface area (Å²) in [5.74, 6) is 0. The quantitative estimate of drug-likeness (QED) is 0.314.